The largest absolute Gasteiger partial charge is 0.416 e. The van der Waals surface area contributed by atoms with Gasteiger partial charge in [-0.3, -0.25) is 9.69 Å². The Morgan fingerprint density at radius 1 is 1.03 bits per heavy atom. The Balaban J connectivity index is 1.70. The second-order valence-electron chi connectivity index (χ2n) is 7.20. The van der Waals surface area contributed by atoms with Crippen LogP contribution in [0.2, 0.25) is 0 Å². The van der Waals surface area contributed by atoms with Crippen LogP contribution in [0.15, 0.2) is 64.0 Å². The number of amides is 1. The minimum absolute atomic E-state index is 0.230. The van der Waals surface area contributed by atoms with E-state index in [1.54, 1.807) is 28.8 Å². The van der Waals surface area contributed by atoms with E-state index in [2.05, 4.69) is 15.9 Å². The summed E-state index contributed by atoms with van der Waals surface area (Å²) in [4.78, 5) is 15.0. The monoisotopic (exact) mass is 536 g/mol. The van der Waals surface area contributed by atoms with Crippen LogP contribution in [0, 0.1) is 13.8 Å². The SMILES string of the molecule is Cc1cc(/C=C2\SC(=S)N(c3ccc(Br)cc3)C2=O)c(C)n1-c1cccc(C(F)(F)F)c1. The summed E-state index contributed by atoms with van der Waals surface area (Å²) in [6.45, 7) is 3.63. The molecule has 0 N–H and O–H groups in total. The van der Waals surface area contributed by atoms with Crippen molar-refractivity contribution in [3.8, 4) is 5.69 Å². The molecule has 4 rings (SSSR count). The zero-order chi connectivity index (χ0) is 23.2. The number of aryl methyl sites for hydroxylation is 1. The molecular weight excluding hydrogens is 521 g/mol. The number of hydrogen-bond donors (Lipinski definition) is 0. The van der Waals surface area contributed by atoms with Gasteiger partial charge in [0.2, 0.25) is 0 Å². The van der Waals surface area contributed by atoms with Crippen LogP contribution in [-0.4, -0.2) is 14.8 Å². The Hall–Kier alpha value is -2.36. The summed E-state index contributed by atoms with van der Waals surface area (Å²) in [6.07, 6.45) is -2.68. The fraction of sp³-hybridized carbons (Fsp3) is 0.130. The zero-order valence-electron chi connectivity index (χ0n) is 16.9. The fourth-order valence-corrected chi connectivity index (χ4v) is 5.13. The van der Waals surface area contributed by atoms with E-state index in [0.717, 1.165) is 33.6 Å². The van der Waals surface area contributed by atoms with Crippen molar-refractivity contribution in [2.45, 2.75) is 20.0 Å². The van der Waals surface area contributed by atoms with Crippen molar-refractivity contribution in [2.75, 3.05) is 4.90 Å². The number of alkyl halides is 3. The molecule has 32 heavy (non-hydrogen) atoms. The average Bonchev–Trinajstić information content (AvgIpc) is 3.17. The molecule has 0 bridgehead atoms. The van der Waals surface area contributed by atoms with Gasteiger partial charge in [-0.2, -0.15) is 13.2 Å². The number of anilines is 1. The van der Waals surface area contributed by atoms with Crippen LogP contribution in [0.1, 0.15) is 22.5 Å². The zero-order valence-corrected chi connectivity index (χ0v) is 20.1. The number of thiocarbonyl (C=S) groups is 1. The Bertz CT molecular complexity index is 1260. The molecule has 3 nitrogen and oxygen atoms in total. The van der Waals surface area contributed by atoms with Crippen LogP contribution >= 0.6 is 39.9 Å². The Labute approximate surface area is 201 Å². The van der Waals surface area contributed by atoms with E-state index in [-0.39, 0.29) is 5.91 Å². The third-order valence-corrected chi connectivity index (χ3v) is 6.90. The van der Waals surface area contributed by atoms with Gasteiger partial charge in [-0.05, 0) is 74.0 Å². The first kappa shape index (κ1) is 22.8. The van der Waals surface area contributed by atoms with Gasteiger partial charge in [0.15, 0.2) is 4.32 Å². The second-order valence-corrected chi connectivity index (χ2v) is 9.79. The van der Waals surface area contributed by atoms with Gasteiger partial charge in [0, 0.05) is 21.5 Å². The number of aromatic nitrogens is 1. The molecule has 0 saturated carbocycles. The van der Waals surface area contributed by atoms with Gasteiger partial charge in [-0.15, -0.1) is 0 Å². The maximum atomic E-state index is 13.2. The molecular formula is C23H16BrF3N2OS2. The van der Waals surface area contributed by atoms with Gasteiger partial charge in [0.1, 0.15) is 0 Å². The van der Waals surface area contributed by atoms with Crippen molar-refractivity contribution in [1.29, 1.82) is 0 Å². The molecule has 3 aromatic rings. The molecule has 0 spiro atoms. The van der Waals surface area contributed by atoms with Gasteiger partial charge in [-0.25, -0.2) is 0 Å². The van der Waals surface area contributed by atoms with Crippen LogP contribution < -0.4 is 4.90 Å². The van der Waals surface area contributed by atoms with E-state index >= 15 is 0 Å². The predicted octanol–water partition coefficient (Wildman–Crippen LogP) is 7.28. The van der Waals surface area contributed by atoms with Crippen molar-refractivity contribution >= 4 is 61.9 Å². The lowest BCUT2D eigenvalue weighted by Crippen LogP contribution is -2.27. The van der Waals surface area contributed by atoms with Crippen molar-refractivity contribution < 1.29 is 18.0 Å². The lowest BCUT2D eigenvalue weighted by atomic mass is 10.2. The third kappa shape index (κ3) is 4.29. The number of thioether (sulfide) groups is 1. The molecule has 2 heterocycles. The van der Waals surface area contributed by atoms with Gasteiger partial charge < -0.3 is 4.57 Å². The molecule has 1 aromatic heterocycles. The summed E-state index contributed by atoms with van der Waals surface area (Å²) in [5, 5.41) is 0. The maximum Gasteiger partial charge on any atom is 0.416 e. The highest BCUT2D eigenvalue weighted by Gasteiger charge is 2.34. The first-order valence-corrected chi connectivity index (χ1v) is 11.5. The van der Waals surface area contributed by atoms with Crippen molar-refractivity contribution in [2.24, 2.45) is 0 Å². The van der Waals surface area contributed by atoms with Gasteiger partial charge in [0.25, 0.3) is 5.91 Å². The van der Waals surface area contributed by atoms with Crippen molar-refractivity contribution in [3.05, 3.63) is 86.5 Å². The predicted molar refractivity (Wildman–Crippen MR) is 130 cm³/mol. The summed E-state index contributed by atoms with van der Waals surface area (Å²) in [5.74, 6) is -0.230. The molecule has 0 atom stereocenters. The van der Waals surface area contributed by atoms with E-state index < -0.39 is 11.7 Å². The summed E-state index contributed by atoms with van der Waals surface area (Å²) in [6, 6.07) is 14.3. The molecule has 164 valence electrons. The van der Waals surface area contributed by atoms with Crippen LogP contribution in [0.3, 0.4) is 0 Å². The molecule has 1 saturated heterocycles. The molecule has 9 heteroatoms. The molecule has 1 aliphatic rings. The Morgan fingerprint density at radius 3 is 2.38 bits per heavy atom. The number of carbonyl (C=O) groups excluding carboxylic acids is 1. The Kier molecular flexibility index (Phi) is 6.08. The summed E-state index contributed by atoms with van der Waals surface area (Å²) >= 11 is 9.99. The van der Waals surface area contributed by atoms with Gasteiger partial charge in [-0.1, -0.05) is 46.0 Å². The molecule has 1 fully saturated rings. The first-order valence-electron chi connectivity index (χ1n) is 9.46. The van der Waals surface area contributed by atoms with Crippen LogP contribution in [-0.2, 0) is 11.0 Å². The topological polar surface area (TPSA) is 25.2 Å². The van der Waals surface area contributed by atoms with E-state index in [1.807, 2.05) is 32.0 Å². The number of nitrogens with zero attached hydrogens (tertiary/aromatic N) is 2. The summed E-state index contributed by atoms with van der Waals surface area (Å²) in [5.41, 5.74) is 2.62. The minimum atomic E-state index is -4.42. The number of hydrogen-bond acceptors (Lipinski definition) is 3. The number of rotatable bonds is 3. The number of benzene rings is 2. The molecule has 0 radical (unpaired) electrons. The molecule has 0 aliphatic carbocycles. The lowest BCUT2D eigenvalue weighted by molar-refractivity contribution is -0.137. The molecule has 0 unspecified atom stereocenters. The molecule has 1 amide bonds. The van der Waals surface area contributed by atoms with Gasteiger partial charge in [0.05, 0.1) is 16.2 Å². The van der Waals surface area contributed by atoms with Crippen LogP contribution in [0.25, 0.3) is 11.8 Å². The number of carbonyl (C=O) groups is 1. The van der Waals surface area contributed by atoms with Crippen molar-refractivity contribution in [3.63, 3.8) is 0 Å². The highest BCUT2D eigenvalue weighted by Crippen LogP contribution is 2.37. The average molecular weight is 537 g/mol. The minimum Gasteiger partial charge on any atom is -0.318 e. The maximum absolute atomic E-state index is 13.2. The van der Waals surface area contributed by atoms with Crippen molar-refractivity contribution in [1.82, 2.24) is 4.57 Å². The fourth-order valence-electron chi connectivity index (χ4n) is 3.57. The summed E-state index contributed by atoms with van der Waals surface area (Å²) < 4.78 is 42.5. The highest BCUT2D eigenvalue weighted by molar-refractivity contribution is 9.10. The van der Waals surface area contributed by atoms with Crippen LogP contribution in [0.4, 0.5) is 18.9 Å². The smallest absolute Gasteiger partial charge is 0.318 e. The standard InChI is InChI=1S/C23H16BrF3N2OS2/c1-13-10-15(14(2)28(13)19-5-3-4-16(12-19)23(25,26)27)11-20-21(30)29(22(31)32-20)18-8-6-17(24)7-9-18/h3-12H,1-2H3/b20-11-. The van der Waals surface area contributed by atoms with E-state index in [1.165, 1.54) is 22.7 Å². The van der Waals surface area contributed by atoms with E-state index in [0.29, 0.717) is 20.6 Å². The Morgan fingerprint density at radius 2 is 1.72 bits per heavy atom. The highest BCUT2D eigenvalue weighted by atomic mass is 79.9. The molecule has 1 aliphatic heterocycles. The van der Waals surface area contributed by atoms with Crippen LogP contribution in [0.5, 0.6) is 0 Å². The molecule has 2 aromatic carbocycles. The lowest BCUT2D eigenvalue weighted by Gasteiger charge is -2.14. The van der Waals surface area contributed by atoms with Gasteiger partial charge >= 0.3 is 6.18 Å². The normalized spacial score (nSPS) is 15.8. The van der Waals surface area contributed by atoms with E-state index in [4.69, 9.17) is 12.2 Å². The third-order valence-electron chi connectivity index (χ3n) is 5.07. The quantitative estimate of drug-likeness (QED) is 0.259. The first-order chi connectivity index (χ1) is 15.1. The summed E-state index contributed by atoms with van der Waals surface area (Å²) in [7, 11) is 0. The number of halogens is 4. The second kappa shape index (κ2) is 8.53. The van der Waals surface area contributed by atoms with E-state index in [9.17, 15) is 18.0 Å².